The van der Waals surface area contributed by atoms with E-state index in [4.69, 9.17) is 0 Å². The number of thiophene rings is 1. The summed E-state index contributed by atoms with van der Waals surface area (Å²) >= 11 is 1.88. The molecule has 0 amide bonds. The molecule has 0 aliphatic heterocycles. The highest BCUT2D eigenvalue weighted by atomic mass is 32.1. The van der Waals surface area contributed by atoms with Crippen molar-refractivity contribution in [2.24, 2.45) is 0 Å². The van der Waals surface area contributed by atoms with Crippen molar-refractivity contribution < 1.29 is 0 Å². The highest BCUT2D eigenvalue weighted by Crippen LogP contribution is 2.45. The highest BCUT2D eigenvalue weighted by Gasteiger charge is 2.19. The SMILES string of the molecule is c1ccc(-c2cccc(-c3cccc4c3sc3cc(N(c5ccc(-c6cccc7ccccc67)cc5)c5cccc(-c6cc7ccccc7cc6-c6ccccc6)c5)ccc34)c2)cc1. The third-order valence-corrected chi connectivity index (χ3v) is 13.8. The maximum atomic E-state index is 2.42. The van der Waals surface area contributed by atoms with Crippen LogP contribution in [0.2, 0.25) is 0 Å². The number of anilines is 3. The minimum Gasteiger partial charge on any atom is -0.310 e. The second-order valence-electron chi connectivity index (χ2n) is 16.5. The number of hydrogen-bond acceptors (Lipinski definition) is 2. The van der Waals surface area contributed by atoms with Gasteiger partial charge in [0.25, 0.3) is 0 Å². The van der Waals surface area contributed by atoms with E-state index in [1.165, 1.54) is 97.4 Å². The van der Waals surface area contributed by atoms with Crippen LogP contribution in [-0.2, 0) is 0 Å². The van der Waals surface area contributed by atoms with Gasteiger partial charge in [0.2, 0.25) is 0 Å². The van der Waals surface area contributed by atoms with Gasteiger partial charge < -0.3 is 4.90 Å². The van der Waals surface area contributed by atoms with Crippen molar-refractivity contribution in [3.63, 3.8) is 0 Å². The molecule has 0 unspecified atom stereocenters. The van der Waals surface area contributed by atoms with Crippen LogP contribution in [0.5, 0.6) is 0 Å². The van der Waals surface area contributed by atoms with E-state index in [9.17, 15) is 0 Å². The topological polar surface area (TPSA) is 3.24 Å². The zero-order valence-corrected chi connectivity index (χ0v) is 35.8. The second kappa shape index (κ2) is 16.0. The van der Waals surface area contributed by atoms with Crippen molar-refractivity contribution in [3.05, 3.63) is 249 Å². The molecule has 1 aromatic heterocycles. The molecule has 1 heterocycles. The Morgan fingerprint density at radius 3 is 1.55 bits per heavy atom. The normalized spacial score (nSPS) is 11.4. The fourth-order valence-corrected chi connectivity index (χ4v) is 10.8. The quantitative estimate of drug-likeness (QED) is 0.147. The maximum absolute atomic E-state index is 2.42. The minimum absolute atomic E-state index is 1.10. The molecule has 0 saturated heterocycles. The van der Waals surface area contributed by atoms with Gasteiger partial charge in [-0.1, -0.05) is 194 Å². The van der Waals surface area contributed by atoms with Crippen LogP contribution in [0.3, 0.4) is 0 Å². The molecule has 12 rings (SSSR count). The Morgan fingerprint density at radius 1 is 0.250 bits per heavy atom. The van der Waals surface area contributed by atoms with Crippen LogP contribution in [0.4, 0.5) is 17.1 Å². The molecule has 0 N–H and O–H groups in total. The number of benzene rings is 11. The van der Waals surface area contributed by atoms with Crippen LogP contribution < -0.4 is 4.90 Å². The van der Waals surface area contributed by atoms with Gasteiger partial charge in [-0.2, -0.15) is 0 Å². The van der Waals surface area contributed by atoms with Gasteiger partial charge in [0.15, 0.2) is 0 Å². The molecule has 0 saturated carbocycles. The summed E-state index contributed by atoms with van der Waals surface area (Å²) in [5, 5.41) is 7.52. The Labute approximate surface area is 377 Å². The third-order valence-electron chi connectivity index (χ3n) is 12.6. The minimum atomic E-state index is 1.10. The predicted molar refractivity (Wildman–Crippen MR) is 276 cm³/mol. The molecule has 0 bridgehead atoms. The van der Waals surface area contributed by atoms with E-state index in [-0.39, 0.29) is 0 Å². The summed E-state index contributed by atoms with van der Waals surface area (Å²) in [6, 6.07) is 91.0. The first-order valence-corrected chi connectivity index (χ1v) is 22.7. The first-order chi connectivity index (χ1) is 31.7. The third kappa shape index (κ3) is 6.82. The van der Waals surface area contributed by atoms with Gasteiger partial charge in [-0.3, -0.25) is 0 Å². The van der Waals surface area contributed by atoms with Crippen molar-refractivity contribution in [2.75, 3.05) is 4.90 Å². The Bertz CT molecular complexity index is 3660. The Kier molecular flexibility index (Phi) is 9.43. The Morgan fingerprint density at radius 2 is 0.766 bits per heavy atom. The molecule has 64 heavy (non-hydrogen) atoms. The number of hydrogen-bond donors (Lipinski definition) is 0. The van der Waals surface area contributed by atoms with Gasteiger partial charge in [0.1, 0.15) is 0 Å². The molecule has 0 radical (unpaired) electrons. The van der Waals surface area contributed by atoms with Crippen molar-refractivity contribution >= 4 is 70.1 Å². The molecular formula is C62H41NS. The lowest BCUT2D eigenvalue weighted by Crippen LogP contribution is -2.10. The zero-order chi connectivity index (χ0) is 42.4. The summed E-state index contributed by atoms with van der Waals surface area (Å²) in [5.41, 5.74) is 15.5. The van der Waals surface area contributed by atoms with Gasteiger partial charge in [-0.25, -0.2) is 0 Å². The molecule has 0 spiro atoms. The molecule has 12 aromatic rings. The van der Waals surface area contributed by atoms with Crippen molar-refractivity contribution in [1.29, 1.82) is 0 Å². The van der Waals surface area contributed by atoms with Crippen LogP contribution in [0.25, 0.3) is 97.4 Å². The molecular weight excluding hydrogens is 791 g/mol. The molecule has 0 fully saturated rings. The molecule has 2 heteroatoms. The van der Waals surface area contributed by atoms with E-state index in [2.05, 4.69) is 254 Å². The largest absolute Gasteiger partial charge is 0.310 e. The smallest absolute Gasteiger partial charge is 0.0476 e. The number of fused-ring (bicyclic) bond motifs is 5. The van der Waals surface area contributed by atoms with Gasteiger partial charge in [-0.05, 0) is 132 Å². The summed E-state index contributed by atoms with van der Waals surface area (Å²) in [6.45, 7) is 0. The molecule has 0 aliphatic rings. The van der Waals surface area contributed by atoms with Gasteiger partial charge in [0, 0.05) is 37.2 Å². The molecule has 0 atom stereocenters. The van der Waals surface area contributed by atoms with E-state index in [1.807, 2.05) is 11.3 Å². The van der Waals surface area contributed by atoms with E-state index in [0.29, 0.717) is 0 Å². The maximum Gasteiger partial charge on any atom is 0.0476 e. The van der Waals surface area contributed by atoms with Crippen LogP contribution >= 0.6 is 11.3 Å². The Balaban J connectivity index is 1.01. The summed E-state index contributed by atoms with van der Waals surface area (Å²) in [5.74, 6) is 0. The molecule has 0 aliphatic carbocycles. The lowest BCUT2D eigenvalue weighted by molar-refractivity contribution is 1.29. The summed E-state index contributed by atoms with van der Waals surface area (Å²) < 4.78 is 2.56. The molecule has 11 aromatic carbocycles. The van der Waals surface area contributed by atoms with Crippen molar-refractivity contribution in [2.45, 2.75) is 0 Å². The number of rotatable bonds is 8. The van der Waals surface area contributed by atoms with E-state index in [1.54, 1.807) is 0 Å². The Hall–Kier alpha value is -8.04. The predicted octanol–water partition coefficient (Wildman–Crippen LogP) is 18.2. The summed E-state index contributed by atoms with van der Waals surface area (Å²) in [7, 11) is 0. The summed E-state index contributed by atoms with van der Waals surface area (Å²) in [6.07, 6.45) is 0. The fraction of sp³-hybridized carbons (Fsp3) is 0. The molecule has 300 valence electrons. The first kappa shape index (κ1) is 37.7. The van der Waals surface area contributed by atoms with Gasteiger partial charge in [-0.15, -0.1) is 11.3 Å². The van der Waals surface area contributed by atoms with Gasteiger partial charge >= 0.3 is 0 Å². The van der Waals surface area contributed by atoms with Crippen molar-refractivity contribution in [1.82, 2.24) is 0 Å². The van der Waals surface area contributed by atoms with Crippen LogP contribution in [0, 0.1) is 0 Å². The second-order valence-corrected chi connectivity index (χ2v) is 17.5. The highest BCUT2D eigenvalue weighted by molar-refractivity contribution is 7.26. The summed E-state index contributed by atoms with van der Waals surface area (Å²) in [4.78, 5) is 2.42. The van der Waals surface area contributed by atoms with Crippen molar-refractivity contribution in [3.8, 4) is 55.6 Å². The van der Waals surface area contributed by atoms with E-state index < -0.39 is 0 Å². The lowest BCUT2D eigenvalue weighted by atomic mass is 9.91. The zero-order valence-electron chi connectivity index (χ0n) is 35.0. The van der Waals surface area contributed by atoms with Gasteiger partial charge in [0.05, 0.1) is 0 Å². The average molecular weight is 832 g/mol. The first-order valence-electron chi connectivity index (χ1n) is 21.9. The molecule has 1 nitrogen and oxygen atoms in total. The standard InChI is InChI=1S/C62H41NS/c1-3-15-42(16-4-1)46-23-11-24-49(37-46)56-29-14-30-58-57-36-35-53(41-61(57)64-62(56)58)63(51-33-31-45(32-34-51)55-28-13-22-43-19-9-10-27-54(43)55)52-26-12-25-50(38-52)60-40-48-21-8-7-20-47(48)39-59(60)44-17-5-2-6-18-44/h1-41H. The van der Waals surface area contributed by atoms with E-state index in [0.717, 1.165) is 17.1 Å². The van der Waals surface area contributed by atoms with Crippen LogP contribution in [0.15, 0.2) is 249 Å². The monoisotopic (exact) mass is 831 g/mol. The van der Waals surface area contributed by atoms with Crippen LogP contribution in [0.1, 0.15) is 0 Å². The average Bonchev–Trinajstić information content (AvgIpc) is 3.75. The van der Waals surface area contributed by atoms with E-state index >= 15 is 0 Å². The lowest BCUT2D eigenvalue weighted by Gasteiger charge is -2.26. The fourth-order valence-electron chi connectivity index (χ4n) is 9.51. The van der Waals surface area contributed by atoms with Crippen LogP contribution in [-0.4, -0.2) is 0 Å². The number of nitrogens with zero attached hydrogens (tertiary/aromatic N) is 1.